The van der Waals surface area contributed by atoms with Gasteiger partial charge in [0.25, 0.3) is 10.0 Å². The van der Waals surface area contributed by atoms with Crippen LogP contribution in [0, 0.1) is 0 Å². The second-order valence-corrected chi connectivity index (χ2v) is 10.7. The minimum Gasteiger partial charge on any atom is -0.280 e. The monoisotopic (exact) mass is 478 g/mol. The first-order valence-corrected chi connectivity index (χ1v) is 11.9. The van der Waals surface area contributed by atoms with Crippen LogP contribution in [0.1, 0.15) is 12.8 Å². The molecule has 0 aliphatic carbocycles. The number of anilines is 1. The van der Waals surface area contributed by atoms with Gasteiger partial charge < -0.3 is 0 Å². The van der Waals surface area contributed by atoms with E-state index in [1.54, 1.807) is 6.07 Å². The fourth-order valence-electron chi connectivity index (χ4n) is 2.70. The number of rotatable bonds is 5. The smallest absolute Gasteiger partial charge is 0.263 e. The van der Waals surface area contributed by atoms with E-state index in [2.05, 4.69) is 20.7 Å². The zero-order valence-corrected chi connectivity index (χ0v) is 17.5. The standard InChI is InChI=1S/C16H16BrClN2O4S2/c17-12-6-7-16(15(18)10-12)25(21,22)19-13-4-3-5-14(11-13)26(23,24)20-8-1-2-9-20/h3-7,10-11,19H,1-2,8-9H2. The topological polar surface area (TPSA) is 83.5 Å². The Hall–Kier alpha value is -1.13. The molecule has 26 heavy (non-hydrogen) atoms. The normalized spacial score (nSPS) is 15.9. The molecule has 0 unspecified atom stereocenters. The van der Waals surface area contributed by atoms with Crippen molar-refractivity contribution in [3.63, 3.8) is 0 Å². The van der Waals surface area contributed by atoms with Crippen molar-refractivity contribution in [2.75, 3.05) is 17.8 Å². The molecule has 0 saturated carbocycles. The molecule has 0 radical (unpaired) electrons. The summed E-state index contributed by atoms with van der Waals surface area (Å²) in [6.45, 7) is 0.958. The number of benzene rings is 2. The van der Waals surface area contributed by atoms with Crippen molar-refractivity contribution in [3.05, 3.63) is 52.0 Å². The third kappa shape index (κ3) is 4.07. The lowest BCUT2D eigenvalue weighted by Crippen LogP contribution is -2.27. The Labute approximate surface area is 166 Å². The number of nitrogens with one attached hydrogen (secondary N) is 1. The summed E-state index contributed by atoms with van der Waals surface area (Å²) in [6, 6.07) is 10.2. The van der Waals surface area contributed by atoms with Gasteiger partial charge in [0.2, 0.25) is 10.0 Å². The lowest BCUT2D eigenvalue weighted by molar-refractivity contribution is 0.477. The molecule has 0 spiro atoms. The van der Waals surface area contributed by atoms with Crippen molar-refractivity contribution >= 4 is 53.3 Å². The quantitative estimate of drug-likeness (QED) is 0.709. The summed E-state index contributed by atoms with van der Waals surface area (Å²) in [7, 11) is -7.58. The van der Waals surface area contributed by atoms with Crippen molar-refractivity contribution in [1.82, 2.24) is 4.31 Å². The minimum absolute atomic E-state index is 0.0569. The molecular weight excluding hydrogens is 464 g/mol. The van der Waals surface area contributed by atoms with E-state index < -0.39 is 20.0 Å². The summed E-state index contributed by atoms with van der Waals surface area (Å²) < 4.78 is 54.9. The van der Waals surface area contributed by atoms with Crippen LogP contribution in [0.15, 0.2) is 56.7 Å². The Morgan fingerprint density at radius 2 is 1.69 bits per heavy atom. The van der Waals surface area contributed by atoms with Gasteiger partial charge in [-0.3, -0.25) is 4.72 Å². The lowest BCUT2D eigenvalue weighted by Gasteiger charge is -2.16. The average Bonchev–Trinajstić information content (AvgIpc) is 3.09. The highest BCUT2D eigenvalue weighted by atomic mass is 79.9. The van der Waals surface area contributed by atoms with Gasteiger partial charge in [0.15, 0.2) is 0 Å². The van der Waals surface area contributed by atoms with Gasteiger partial charge in [0, 0.05) is 17.6 Å². The highest BCUT2D eigenvalue weighted by Gasteiger charge is 2.27. The molecule has 10 heteroatoms. The maximum Gasteiger partial charge on any atom is 0.263 e. The van der Waals surface area contributed by atoms with Crippen molar-refractivity contribution in [2.24, 2.45) is 0 Å². The van der Waals surface area contributed by atoms with Crippen molar-refractivity contribution in [1.29, 1.82) is 0 Å². The third-order valence-corrected chi connectivity index (χ3v) is 8.22. The Kier molecular flexibility index (Phi) is 5.64. The first kappa shape index (κ1) is 19.6. The van der Waals surface area contributed by atoms with Crippen LogP contribution in [0.25, 0.3) is 0 Å². The zero-order valence-electron chi connectivity index (χ0n) is 13.5. The summed E-state index contributed by atoms with van der Waals surface area (Å²) in [5.41, 5.74) is 0.157. The number of sulfonamides is 2. The van der Waals surface area contributed by atoms with Gasteiger partial charge in [-0.15, -0.1) is 0 Å². The van der Waals surface area contributed by atoms with E-state index in [1.165, 1.54) is 40.7 Å². The van der Waals surface area contributed by atoms with Crippen LogP contribution in [-0.4, -0.2) is 34.2 Å². The summed E-state index contributed by atoms with van der Waals surface area (Å²) in [5.74, 6) is 0. The molecule has 1 fully saturated rings. The molecule has 0 bridgehead atoms. The second kappa shape index (κ2) is 7.47. The summed E-state index contributed by atoms with van der Waals surface area (Å²) in [5, 5.41) is 0.0627. The number of hydrogen-bond donors (Lipinski definition) is 1. The van der Waals surface area contributed by atoms with Crippen LogP contribution in [0.3, 0.4) is 0 Å². The molecule has 6 nitrogen and oxygen atoms in total. The van der Waals surface area contributed by atoms with Crippen LogP contribution in [-0.2, 0) is 20.0 Å². The van der Waals surface area contributed by atoms with Gasteiger partial charge in [-0.1, -0.05) is 33.6 Å². The summed E-state index contributed by atoms with van der Waals surface area (Å²) >= 11 is 9.24. The van der Waals surface area contributed by atoms with Gasteiger partial charge in [-0.2, -0.15) is 4.31 Å². The molecule has 1 aliphatic rings. The summed E-state index contributed by atoms with van der Waals surface area (Å²) in [6.07, 6.45) is 1.65. The van der Waals surface area contributed by atoms with Crippen LogP contribution >= 0.6 is 27.5 Å². The highest BCUT2D eigenvalue weighted by molar-refractivity contribution is 9.10. The molecule has 3 rings (SSSR count). The van der Waals surface area contributed by atoms with E-state index in [0.717, 1.165) is 12.8 Å². The Morgan fingerprint density at radius 1 is 1.00 bits per heavy atom. The molecule has 1 N–H and O–H groups in total. The van der Waals surface area contributed by atoms with E-state index in [-0.39, 0.29) is 20.5 Å². The molecule has 1 heterocycles. The fraction of sp³-hybridized carbons (Fsp3) is 0.250. The summed E-state index contributed by atoms with van der Waals surface area (Å²) in [4.78, 5) is -0.0309. The minimum atomic E-state index is -3.95. The van der Waals surface area contributed by atoms with E-state index >= 15 is 0 Å². The van der Waals surface area contributed by atoms with Gasteiger partial charge in [-0.25, -0.2) is 16.8 Å². The average molecular weight is 480 g/mol. The van der Waals surface area contributed by atoms with E-state index in [9.17, 15) is 16.8 Å². The Morgan fingerprint density at radius 3 is 2.35 bits per heavy atom. The Bertz CT molecular complexity index is 1040. The zero-order chi connectivity index (χ0) is 18.9. The molecular formula is C16H16BrClN2O4S2. The second-order valence-electron chi connectivity index (χ2n) is 5.82. The molecule has 140 valence electrons. The SMILES string of the molecule is O=S(=O)(Nc1cccc(S(=O)(=O)N2CCCC2)c1)c1ccc(Br)cc1Cl. The predicted molar refractivity (Wildman–Crippen MR) is 104 cm³/mol. The molecule has 0 amide bonds. The van der Waals surface area contributed by atoms with Crippen LogP contribution in [0.4, 0.5) is 5.69 Å². The predicted octanol–water partition coefficient (Wildman–Crippen LogP) is 3.69. The molecule has 2 aromatic rings. The number of nitrogens with zero attached hydrogens (tertiary/aromatic N) is 1. The van der Waals surface area contributed by atoms with Gasteiger partial charge in [-0.05, 0) is 49.2 Å². The van der Waals surface area contributed by atoms with Gasteiger partial charge >= 0.3 is 0 Å². The third-order valence-electron chi connectivity index (χ3n) is 3.97. The van der Waals surface area contributed by atoms with Crippen LogP contribution in [0.2, 0.25) is 5.02 Å². The van der Waals surface area contributed by atoms with Crippen LogP contribution < -0.4 is 4.72 Å². The van der Waals surface area contributed by atoms with Gasteiger partial charge in [0.05, 0.1) is 15.6 Å². The number of halogens is 2. The van der Waals surface area contributed by atoms with Crippen LogP contribution in [0.5, 0.6) is 0 Å². The number of hydrogen-bond acceptors (Lipinski definition) is 4. The van der Waals surface area contributed by atoms with Crippen molar-refractivity contribution in [2.45, 2.75) is 22.6 Å². The van der Waals surface area contributed by atoms with Crippen molar-refractivity contribution < 1.29 is 16.8 Å². The first-order valence-electron chi connectivity index (χ1n) is 7.78. The molecule has 1 saturated heterocycles. The first-order chi connectivity index (χ1) is 12.2. The highest BCUT2D eigenvalue weighted by Crippen LogP contribution is 2.28. The van der Waals surface area contributed by atoms with E-state index in [1.807, 2.05) is 0 Å². The molecule has 2 aromatic carbocycles. The maximum absolute atomic E-state index is 12.6. The van der Waals surface area contributed by atoms with E-state index in [4.69, 9.17) is 11.6 Å². The molecule has 0 atom stereocenters. The van der Waals surface area contributed by atoms with Gasteiger partial charge in [0.1, 0.15) is 4.90 Å². The Balaban J connectivity index is 1.91. The molecule has 1 aliphatic heterocycles. The van der Waals surface area contributed by atoms with E-state index in [0.29, 0.717) is 17.6 Å². The largest absolute Gasteiger partial charge is 0.280 e. The lowest BCUT2D eigenvalue weighted by atomic mass is 10.3. The maximum atomic E-state index is 12.6. The molecule has 0 aromatic heterocycles. The fourth-order valence-corrected chi connectivity index (χ4v) is 6.35. The van der Waals surface area contributed by atoms with Crippen molar-refractivity contribution in [3.8, 4) is 0 Å².